The maximum atomic E-state index is 11.3. The van der Waals surface area contributed by atoms with Gasteiger partial charge in [-0.1, -0.05) is 6.42 Å². The third-order valence-corrected chi connectivity index (χ3v) is 6.92. The predicted molar refractivity (Wildman–Crippen MR) is 169 cm³/mol. The number of nitrogens with two attached hydrogens (primary N) is 5. The Hall–Kier alpha value is -0.970. The molecule has 0 unspecified atom stereocenters. The van der Waals surface area contributed by atoms with Crippen LogP contribution in [0.5, 0.6) is 0 Å². The van der Waals surface area contributed by atoms with Crippen LogP contribution in [0.2, 0.25) is 0 Å². The molecular formula is C27H66N12O. The number of amides is 1. The van der Waals surface area contributed by atoms with E-state index in [0.29, 0.717) is 32.7 Å². The quantitative estimate of drug-likeness (QED) is 0.0381. The minimum atomic E-state index is 0.00760. The maximum Gasteiger partial charge on any atom is 0.216 e. The zero-order valence-corrected chi connectivity index (χ0v) is 25.8. The van der Waals surface area contributed by atoms with Crippen LogP contribution in [0, 0.1) is 0 Å². The van der Waals surface area contributed by atoms with Crippen molar-refractivity contribution in [2.24, 2.45) is 28.7 Å². The molecule has 13 heteroatoms. The summed E-state index contributed by atoms with van der Waals surface area (Å²) in [5.41, 5.74) is 28.7. The van der Waals surface area contributed by atoms with E-state index in [4.69, 9.17) is 28.7 Å². The fourth-order valence-corrected chi connectivity index (χ4v) is 4.57. The molecule has 0 rings (SSSR count). The molecule has 0 aromatic heterocycles. The summed E-state index contributed by atoms with van der Waals surface area (Å²) in [6, 6.07) is 0. The summed E-state index contributed by atoms with van der Waals surface area (Å²) in [6.45, 7) is 20.6. The molecule has 0 aliphatic carbocycles. The van der Waals surface area contributed by atoms with Crippen LogP contribution in [0.1, 0.15) is 26.2 Å². The molecule has 0 fully saturated rings. The van der Waals surface area contributed by atoms with Crippen LogP contribution >= 0.6 is 0 Å². The van der Waals surface area contributed by atoms with Crippen molar-refractivity contribution in [3.63, 3.8) is 0 Å². The molecule has 1 amide bonds. The third-order valence-electron chi connectivity index (χ3n) is 6.92. The van der Waals surface area contributed by atoms with Crippen LogP contribution < -0.4 is 44.6 Å². The Morgan fingerprint density at radius 1 is 0.450 bits per heavy atom. The van der Waals surface area contributed by atoms with E-state index in [0.717, 1.165) is 131 Å². The maximum absolute atomic E-state index is 11.3. The second kappa shape index (κ2) is 29.5. The molecule has 13 nitrogen and oxygen atoms in total. The van der Waals surface area contributed by atoms with Crippen molar-refractivity contribution in [3.05, 3.63) is 0 Å². The first-order valence-corrected chi connectivity index (χ1v) is 15.6. The Balaban J connectivity index is 4.87. The van der Waals surface area contributed by atoms with Crippen molar-refractivity contribution >= 4 is 5.91 Å². The van der Waals surface area contributed by atoms with E-state index in [1.54, 1.807) is 6.92 Å². The number of nitrogens with zero attached hydrogens (tertiary/aromatic N) is 4. The molecule has 0 aliphatic rings. The van der Waals surface area contributed by atoms with E-state index in [-0.39, 0.29) is 5.91 Å². The fraction of sp³-hybridized carbons (Fsp3) is 0.963. The van der Waals surface area contributed by atoms with Crippen LogP contribution in [0.4, 0.5) is 0 Å². The Bertz CT molecular complexity index is 540. The molecule has 40 heavy (non-hydrogen) atoms. The van der Waals surface area contributed by atoms with Gasteiger partial charge in [-0.15, -0.1) is 0 Å². The molecule has 13 N–H and O–H groups in total. The Labute approximate surface area is 245 Å². The van der Waals surface area contributed by atoms with Gasteiger partial charge in [0.05, 0.1) is 0 Å². The van der Waals surface area contributed by atoms with Gasteiger partial charge >= 0.3 is 0 Å². The Morgan fingerprint density at radius 2 is 0.875 bits per heavy atom. The molecular weight excluding hydrogens is 508 g/mol. The lowest BCUT2D eigenvalue weighted by Gasteiger charge is -2.30. The summed E-state index contributed by atoms with van der Waals surface area (Å²) < 4.78 is 0. The van der Waals surface area contributed by atoms with E-state index in [2.05, 4.69) is 35.6 Å². The van der Waals surface area contributed by atoms with Crippen molar-refractivity contribution < 1.29 is 4.79 Å². The highest BCUT2D eigenvalue weighted by molar-refractivity contribution is 5.72. The lowest BCUT2D eigenvalue weighted by Crippen LogP contribution is -2.45. The van der Waals surface area contributed by atoms with Gasteiger partial charge in [0.15, 0.2) is 0 Å². The predicted octanol–water partition coefficient (Wildman–Crippen LogP) is -3.53. The minimum absolute atomic E-state index is 0.00760. The zero-order valence-electron chi connectivity index (χ0n) is 25.8. The number of hydrogen-bond donors (Lipinski definition) is 8. The molecule has 0 spiro atoms. The molecule has 0 heterocycles. The monoisotopic (exact) mass is 575 g/mol. The topological polar surface area (TPSA) is 196 Å². The van der Waals surface area contributed by atoms with Gasteiger partial charge < -0.3 is 49.5 Å². The Kier molecular flexibility index (Phi) is 28.8. The summed E-state index contributed by atoms with van der Waals surface area (Å²) in [4.78, 5) is 21.0. The van der Waals surface area contributed by atoms with Crippen molar-refractivity contribution in [2.75, 3.05) is 144 Å². The number of rotatable bonds is 31. The third kappa shape index (κ3) is 24.8. The Morgan fingerprint density at radius 3 is 1.32 bits per heavy atom. The van der Waals surface area contributed by atoms with Gasteiger partial charge in [-0.2, -0.15) is 0 Å². The lowest BCUT2D eigenvalue weighted by molar-refractivity contribution is -0.119. The summed E-state index contributed by atoms with van der Waals surface area (Å²) in [6.07, 6.45) is 3.38. The van der Waals surface area contributed by atoms with Crippen molar-refractivity contribution in [1.82, 2.24) is 35.6 Å². The molecule has 0 atom stereocenters. The lowest BCUT2D eigenvalue weighted by atomic mass is 10.2. The van der Waals surface area contributed by atoms with Gasteiger partial charge in [-0.05, 0) is 25.9 Å². The van der Waals surface area contributed by atoms with Crippen molar-refractivity contribution in [3.8, 4) is 0 Å². The summed E-state index contributed by atoms with van der Waals surface area (Å²) >= 11 is 0. The number of hydrogen-bond acceptors (Lipinski definition) is 12. The SMILES string of the molecule is CC(=O)NCCN(CCN)CCN(CCCCCN)CCN(CCNCCN)CCNCCN(CCN)CCN. The molecule has 0 saturated heterocycles. The first-order chi connectivity index (χ1) is 19.5. The second-order valence-electron chi connectivity index (χ2n) is 10.4. The van der Waals surface area contributed by atoms with Gasteiger partial charge in [0.1, 0.15) is 0 Å². The van der Waals surface area contributed by atoms with Crippen LogP contribution in [-0.4, -0.2) is 169 Å². The number of unbranched alkanes of at least 4 members (excludes halogenated alkanes) is 2. The van der Waals surface area contributed by atoms with E-state index in [1.807, 2.05) is 0 Å². The van der Waals surface area contributed by atoms with Crippen molar-refractivity contribution in [2.45, 2.75) is 26.2 Å². The number of carbonyl (C=O) groups excluding carboxylic acids is 1. The number of carbonyl (C=O) groups is 1. The molecule has 0 bridgehead atoms. The standard InChI is InChI=1S/C27H66N12O/c1-27(40)35-14-22-38(18-9-32)25-23-36(15-4-2-3-5-28)24-26-39(20-11-33-10-6-29)21-13-34-12-19-37(16-7-30)17-8-31/h33-34H,2-26,28-32H2,1H3,(H,35,40). The first kappa shape index (κ1) is 39.0. The summed E-state index contributed by atoms with van der Waals surface area (Å²) in [5.74, 6) is 0.00760. The average Bonchev–Trinajstić information content (AvgIpc) is 2.93. The molecule has 240 valence electrons. The summed E-state index contributed by atoms with van der Waals surface area (Å²) in [5, 5.41) is 9.94. The molecule has 0 saturated carbocycles. The zero-order chi connectivity index (χ0) is 29.7. The number of nitrogens with one attached hydrogen (secondary N) is 3. The molecule has 0 aromatic carbocycles. The second-order valence-corrected chi connectivity index (χ2v) is 10.4. The van der Waals surface area contributed by atoms with Gasteiger partial charge in [-0.25, -0.2) is 0 Å². The minimum Gasteiger partial charge on any atom is -0.355 e. The average molecular weight is 575 g/mol. The van der Waals surface area contributed by atoms with E-state index < -0.39 is 0 Å². The van der Waals surface area contributed by atoms with Gasteiger partial charge in [-0.3, -0.25) is 19.5 Å². The van der Waals surface area contributed by atoms with Crippen LogP contribution in [0.25, 0.3) is 0 Å². The molecule has 0 aromatic rings. The fourth-order valence-electron chi connectivity index (χ4n) is 4.57. The van der Waals surface area contributed by atoms with Crippen molar-refractivity contribution in [1.29, 1.82) is 0 Å². The van der Waals surface area contributed by atoms with E-state index in [1.165, 1.54) is 0 Å². The van der Waals surface area contributed by atoms with Crippen LogP contribution in [-0.2, 0) is 4.79 Å². The van der Waals surface area contributed by atoms with Gasteiger partial charge in [0, 0.05) is 138 Å². The molecule has 0 aliphatic heterocycles. The summed E-state index contributed by atoms with van der Waals surface area (Å²) in [7, 11) is 0. The molecule has 0 radical (unpaired) electrons. The van der Waals surface area contributed by atoms with E-state index >= 15 is 0 Å². The van der Waals surface area contributed by atoms with Gasteiger partial charge in [0.25, 0.3) is 0 Å². The first-order valence-electron chi connectivity index (χ1n) is 15.6. The highest BCUT2D eigenvalue weighted by Crippen LogP contribution is 2.01. The largest absolute Gasteiger partial charge is 0.355 e. The highest BCUT2D eigenvalue weighted by atomic mass is 16.1. The van der Waals surface area contributed by atoms with Crippen LogP contribution in [0.15, 0.2) is 0 Å². The highest BCUT2D eigenvalue weighted by Gasteiger charge is 2.12. The smallest absolute Gasteiger partial charge is 0.216 e. The van der Waals surface area contributed by atoms with Crippen LogP contribution in [0.3, 0.4) is 0 Å². The van der Waals surface area contributed by atoms with E-state index in [9.17, 15) is 4.79 Å². The normalized spacial score (nSPS) is 11.9. The van der Waals surface area contributed by atoms with Gasteiger partial charge in [0.2, 0.25) is 5.91 Å².